The molecule has 2 aromatic rings. The van der Waals surface area contributed by atoms with Gasteiger partial charge in [0.05, 0.1) is 12.5 Å². The van der Waals surface area contributed by atoms with Crippen LogP contribution >= 0.6 is 11.6 Å². The molecule has 1 saturated carbocycles. The fraction of sp³-hybridized carbons (Fsp3) is 0.435. The van der Waals surface area contributed by atoms with Crippen LogP contribution in [0.3, 0.4) is 0 Å². The fourth-order valence-corrected chi connectivity index (χ4v) is 5.06. The van der Waals surface area contributed by atoms with Gasteiger partial charge in [0.1, 0.15) is 11.4 Å². The summed E-state index contributed by atoms with van der Waals surface area (Å²) in [7, 11) is 0. The number of hydrogen-bond donors (Lipinski definition) is 1. The second-order valence-corrected chi connectivity index (χ2v) is 8.95. The minimum atomic E-state index is -0.994. The van der Waals surface area contributed by atoms with Crippen LogP contribution in [0.1, 0.15) is 36.0 Å². The first kappa shape index (κ1) is 20.8. The molecule has 1 spiro atoms. The van der Waals surface area contributed by atoms with E-state index in [1.807, 2.05) is 0 Å². The molecule has 0 radical (unpaired) electrons. The first-order chi connectivity index (χ1) is 14.9. The van der Waals surface area contributed by atoms with Crippen molar-refractivity contribution in [2.75, 3.05) is 13.1 Å². The van der Waals surface area contributed by atoms with Crippen LogP contribution in [0, 0.1) is 23.4 Å². The van der Waals surface area contributed by atoms with Crippen LogP contribution in [0.4, 0.5) is 13.2 Å². The van der Waals surface area contributed by atoms with Gasteiger partial charge in [0.25, 0.3) is 0 Å². The van der Waals surface area contributed by atoms with E-state index >= 15 is 0 Å². The quantitative estimate of drug-likeness (QED) is 0.756. The molecule has 3 aliphatic rings. The normalized spacial score (nSPS) is 25.0. The van der Waals surface area contributed by atoms with E-state index in [0.717, 1.165) is 12.8 Å². The van der Waals surface area contributed by atoms with Gasteiger partial charge in [-0.25, -0.2) is 13.2 Å². The van der Waals surface area contributed by atoms with E-state index in [1.165, 1.54) is 24.3 Å². The second kappa shape index (κ2) is 7.80. The summed E-state index contributed by atoms with van der Waals surface area (Å²) in [6, 6.07) is 6.59. The summed E-state index contributed by atoms with van der Waals surface area (Å²) < 4.78 is 47.5. The van der Waals surface area contributed by atoms with E-state index in [2.05, 4.69) is 5.32 Å². The minimum absolute atomic E-state index is 0.0819. The number of halogens is 4. The van der Waals surface area contributed by atoms with E-state index in [9.17, 15) is 18.0 Å². The number of rotatable bonds is 4. The highest BCUT2D eigenvalue weighted by atomic mass is 35.5. The number of benzene rings is 2. The third-order valence-electron chi connectivity index (χ3n) is 6.60. The minimum Gasteiger partial charge on any atom is -0.365 e. The van der Waals surface area contributed by atoms with Crippen molar-refractivity contribution < 1.29 is 22.7 Å². The predicted molar refractivity (Wildman–Crippen MR) is 109 cm³/mol. The van der Waals surface area contributed by atoms with Crippen LogP contribution < -0.4 is 5.32 Å². The molecule has 2 aliphatic heterocycles. The first-order valence-electron chi connectivity index (χ1n) is 10.5. The summed E-state index contributed by atoms with van der Waals surface area (Å²) in [6.07, 6.45) is 2.25. The zero-order valence-corrected chi connectivity index (χ0v) is 17.5. The van der Waals surface area contributed by atoms with Crippen molar-refractivity contribution in [3.63, 3.8) is 0 Å². The molecular weight excluding hydrogens is 429 g/mol. The highest BCUT2D eigenvalue weighted by molar-refractivity contribution is 6.31. The Morgan fingerprint density at radius 2 is 1.97 bits per heavy atom. The Morgan fingerprint density at radius 1 is 1.19 bits per heavy atom. The molecule has 8 heteroatoms. The lowest BCUT2D eigenvalue weighted by molar-refractivity contribution is -0.157. The van der Waals surface area contributed by atoms with Crippen molar-refractivity contribution in [1.29, 1.82) is 0 Å². The number of amides is 1. The fourth-order valence-electron chi connectivity index (χ4n) is 4.83. The Morgan fingerprint density at radius 3 is 2.71 bits per heavy atom. The van der Waals surface area contributed by atoms with E-state index < -0.39 is 29.0 Å². The van der Waals surface area contributed by atoms with E-state index in [-0.39, 0.29) is 30.1 Å². The number of nitrogens with zero attached hydrogens (tertiary/aromatic N) is 1. The lowest BCUT2D eigenvalue weighted by Gasteiger charge is -2.43. The molecule has 2 aromatic carbocycles. The molecule has 1 aliphatic carbocycles. The summed E-state index contributed by atoms with van der Waals surface area (Å²) in [6.45, 7) is 1.39. The van der Waals surface area contributed by atoms with Gasteiger partial charge < -0.3 is 15.0 Å². The van der Waals surface area contributed by atoms with Crippen molar-refractivity contribution in [3.8, 4) is 0 Å². The molecule has 164 valence electrons. The van der Waals surface area contributed by atoms with E-state index in [4.69, 9.17) is 16.3 Å². The molecule has 1 saturated heterocycles. The summed E-state index contributed by atoms with van der Waals surface area (Å²) in [5, 5.41) is 3.52. The van der Waals surface area contributed by atoms with Gasteiger partial charge in [-0.2, -0.15) is 0 Å². The van der Waals surface area contributed by atoms with Crippen molar-refractivity contribution in [2.24, 2.45) is 5.92 Å². The summed E-state index contributed by atoms with van der Waals surface area (Å²) in [4.78, 5) is 15.6. The van der Waals surface area contributed by atoms with Gasteiger partial charge in [-0.3, -0.25) is 4.79 Å². The van der Waals surface area contributed by atoms with Crippen molar-refractivity contribution >= 4 is 17.5 Å². The van der Waals surface area contributed by atoms with Crippen molar-refractivity contribution in [3.05, 3.63) is 69.5 Å². The predicted octanol–water partition coefficient (Wildman–Crippen LogP) is 4.28. The molecule has 2 heterocycles. The lowest BCUT2D eigenvalue weighted by Crippen LogP contribution is -2.55. The molecule has 1 N–H and O–H groups in total. The maximum absolute atomic E-state index is 14.1. The van der Waals surface area contributed by atoms with Gasteiger partial charge in [0.15, 0.2) is 11.6 Å². The number of carbonyl (C=O) groups excluding carboxylic acids is 1. The molecule has 4 nitrogen and oxygen atoms in total. The molecule has 1 amide bonds. The Bertz CT molecular complexity index is 1050. The largest absolute Gasteiger partial charge is 0.365 e. The number of fused-ring (bicyclic) bond motifs is 2. The van der Waals surface area contributed by atoms with Gasteiger partial charge in [0.2, 0.25) is 5.91 Å². The molecule has 2 atom stereocenters. The summed E-state index contributed by atoms with van der Waals surface area (Å²) >= 11 is 6.22. The zero-order chi connectivity index (χ0) is 21.8. The molecule has 1 unspecified atom stereocenters. The molecule has 5 rings (SSSR count). The molecule has 31 heavy (non-hydrogen) atoms. The average molecular weight is 451 g/mol. The second-order valence-electron chi connectivity index (χ2n) is 8.54. The number of carbonyl (C=O) groups is 1. The van der Waals surface area contributed by atoms with Crippen LogP contribution in [0.25, 0.3) is 0 Å². The van der Waals surface area contributed by atoms with Gasteiger partial charge in [0, 0.05) is 24.2 Å². The van der Waals surface area contributed by atoms with Crippen LogP contribution in [0.2, 0.25) is 5.02 Å². The number of hydrogen-bond acceptors (Lipinski definition) is 3. The van der Waals surface area contributed by atoms with Crippen LogP contribution in [0.5, 0.6) is 0 Å². The van der Waals surface area contributed by atoms with Crippen molar-refractivity contribution in [1.82, 2.24) is 10.2 Å². The summed E-state index contributed by atoms with van der Waals surface area (Å²) in [5.74, 6) is -2.99. The topological polar surface area (TPSA) is 41.6 Å². The highest BCUT2D eigenvalue weighted by Gasteiger charge is 2.53. The summed E-state index contributed by atoms with van der Waals surface area (Å²) in [5.41, 5.74) is 0.813. The number of piperidine rings is 1. The van der Waals surface area contributed by atoms with E-state index in [0.29, 0.717) is 36.2 Å². The van der Waals surface area contributed by atoms with Crippen LogP contribution in [-0.2, 0) is 28.3 Å². The maximum atomic E-state index is 14.1. The average Bonchev–Trinajstić information content (AvgIpc) is 3.53. The van der Waals surface area contributed by atoms with Crippen LogP contribution in [-0.4, -0.2) is 29.9 Å². The first-order valence-corrected chi connectivity index (χ1v) is 10.8. The van der Waals surface area contributed by atoms with Crippen LogP contribution in [0.15, 0.2) is 30.3 Å². The van der Waals surface area contributed by atoms with E-state index in [1.54, 1.807) is 11.0 Å². The van der Waals surface area contributed by atoms with Gasteiger partial charge >= 0.3 is 0 Å². The Kier molecular flexibility index (Phi) is 5.23. The lowest BCUT2D eigenvalue weighted by atomic mass is 9.75. The number of nitrogens with one attached hydrogen (secondary N) is 1. The van der Waals surface area contributed by atoms with Crippen molar-refractivity contribution in [2.45, 2.75) is 44.1 Å². The standard InChI is InChI=1S/C23H22ClF3N2O2/c24-19-8-15(25)2-1-13(19)11-29(16-3-4-16)22(30)18-10-28-6-5-23(18)17-9-21(27)20(26)7-14(17)12-31-23/h1-2,7-9,16,18,28H,3-6,10-12H2/t18-,23?/m1/s1. The van der Waals surface area contributed by atoms with Gasteiger partial charge in [-0.05, 0) is 66.8 Å². The Hall–Kier alpha value is -2.09. The molecule has 0 aromatic heterocycles. The smallest absolute Gasteiger partial charge is 0.230 e. The molecular formula is C23H22ClF3N2O2. The maximum Gasteiger partial charge on any atom is 0.230 e. The molecule has 0 bridgehead atoms. The Labute approximate surface area is 183 Å². The highest BCUT2D eigenvalue weighted by Crippen LogP contribution is 2.48. The van der Waals surface area contributed by atoms with Gasteiger partial charge in [-0.1, -0.05) is 17.7 Å². The molecule has 2 fully saturated rings. The number of ether oxygens (including phenoxy) is 1. The SMILES string of the molecule is O=C([C@H]1CNCCC12OCc1cc(F)c(F)cc12)N(Cc1ccc(F)cc1Cl)C1CC1. The third-order valence-corrected chi connectivity index (χ3v) is 6.95. The Balaban J connectivity index is 1.49. The zero-order valence-electron chi connectivity index (χ0n) is 16.8. The third kappa shape index (κ3) is 3.62. The monoisotopic (exact) mass is 450 g/mol. The van der Waals surface area contributed by atoms with Gasteiger partial charge in [-0.15, -0.1) is 0 Å².